The second kappa shape index (κ2) is 7.89. The van der Waals surface area contributed by atoms with Gasteiger partial charge in [-0.2, -0.15) is 0 Å². The van der Waals surface area contributed by atoms with E-state index in [2.05, 4.69) is 38.7 Å². The van der Waals surface area contributed by atoms with E-state index in [0.29, 0.717) is 6.54 Å². The summed E-state index contributed by atoms with van der Waals surface area (Å²) in [5.74, 6) is -0.0296. The van der Waals surface area contributed by atoms with Crippen LogP contribution in [0, 0.1) is 6.92 Å². The number of rotatable bonds is 4. The zero-order valence-corrected chi connectivity index (χ0v) is 16.2. The van der Waals surface area contributed by atoms with E-state index in [1.807, 2.05) is 6.07 Å². The summed E-state index contributed by atoms with van der Waals surface area (Å²) in [6.45, 7) is 4.56. The quantitative estimate of drug-likeness (QED) is 0.712. The number of para-hydroxylation sites is 1. The van der Waals surface area contributed by atoms with Crippen molar-refractivity contribution in [3.8, 4) is 5.75 Å². The third-order valence-electron chi connectivity index (χ3n) is 5.20. The molecule has 2 aromatic carbocycles. The van der Waals surface area contributed by atoms with Crippen molar-refractivity contribution in [2.24, 2.45) is 9.98 Å². The summed E-state index contributed by atoms with van der Waals surface area (Å²) in [6.07, 6.45) is -1.05. The number of aliphatic imine (C=N–C) groups is 2. The standard InChI is InChI=1S/C22H22F3N3O/c1-15-13-16(9-10-19(15)28-11-5-2-6-12-28)18-14-26-21(27-18)17-7-3-4-8-20(17)29-22(23,24)25/h3-4,7-10,13H,2,5-6,11-12,14H2,1H3. The molecule has 1 fully saturated rings. The van der Waals surface area contributed by atoms with Crippen LogP contribution in [0.3, 0.4) is 0 Å². The number of piperidine rings is 1. The van der Waals surface area contributed by atoms with Crippen LogP contribution in [0.5, 0.6) is 5.75 Å². The number of halogens is 3. The first-order chi connectivity index (χ1) is 13.9. The van der Waals surface area contributed by atoms with Gasteiger partial charge in [-0.1, -0.05) is 18.2 Å². The zero-order chi connectivity index (χ0) is 20.4. The fourth-order valence-corrected chi connectivity index (χ4v) is 3.84. The van der Waals surface area contributed by atoms with E-state index in [4.69, 9.17) is 0 Å². The molecule has 29 heavy (non-hydrogen) atoms. The van der Waals surface area contributed by atoms with E-state index in [1.165, 1.54) is 48.7 Å². The largest absolute Gasteiger partial charge is 0.573 e. The lowest BCUT2D eigenvalue weighted by Crippen LogP contribution is -2.30. The zero-order valence-electron chi connectivity index (χ0n) is 16.2. The Balaban J connectivity index is 1.57. The summed E-state index contributed by atoms with van der Waals surface area (Å²) < 4.78 is 42.2. The number of aryl methyl sites for hydroxylation is 1. The molecule has 0 amide bonds. The van der Waals surface area contributed by atoms with Crippen LogP contribution in [0.1, 0.15) is 36.0 Å². The number of alkyl halides is 3. The molecule has 4 nitrogen and oxygen atoms in total. The van der Waals surface area contributed by atoms with E-state index in [-0.39, 0.29) is 17.1 Å². The summed E-state index contributed by atoms with van der Waals surface area (Å²) in [4.78, 5) is 11.3. The number of nitrogens with zero attached hydrogens (tertiary/aromatic N) is 3. The molecule has 0 aromatic heterocycles. The maximum Gasteiger partial charge on any atom is 0.573 e. The second-order valence-electron chi connectivity index (χ2n) is 7.29. The van der Waals surface area contributed by atoms with Crippen LogP contribution in [0.25, 0.3) is 0 Å². The van der Waals surface area contributed by atoms with E-state index in [9.17, 15) is 13.2 Å². The van der Waals surface area contributed by atoms with Gasteiger partial charge >= 0.3 is 6.36 Å². The molecule has 0 bridgehead atoms. The Kier molecular flexibility index (Phi) is 5.30. The fourth-order valence-electron chi connectivity index (χ4n) is 3.84. The minimum Gasteiger partial charge on any atom is -0.405 e. The molecule has 2 aliphatic heterocycles. The monoisotopic (exact) mass is 401 g/mol. The number of amidine groups is 1. The first kappa shape index (κ1) is 19.5. The average molecular weight is 401 g/mol. The molecule has 7 heteroatoms. The highest BCUT2D eigenvalue weighted by Crippen LogP contribution is 2.29. The minimum absolute atomic E-state index is 0.237. The first-order valence-corrected chi connectivity index (χ1v) is 9.74. The van der Waals surface area contributed by atoms with Crippen molar-refractivity contribution in [3.05, 3.63) is 59.2 Å². The molecule has 152 valence electrons. The molecule has 0 atom stereocenters. The van der Waals surface area contributed by atoms with Crippen molar-refractivity contribution >= 4 is 17.2 Å². The number of ether oxygens (including phenoxy) is 1. The van der Waals surface area contributed by atoms with Crippen LogP contribution in [0.4, 0.5) is 18.9 Å². The van der Waals surface area contributed by atoms with Gasteiger partial charge in [0.1, 0.15) is 5.75 Å². The molecule has 2 heterocycles. The Hall–Kier alpha value is -2.83. The number of hydrogen-bond donors (Lipinski definition) is 0. The van der Waals surface area contributed by atoms with Crippen LogP contribution in [-0.2, 0) is 0 Å². The van der Waals surface area contributed by atoms with Gasteiger partial charge in [0.15, 0.2) is 5.84 Å². The molecule has 2 aliphatic rings. The third kappa shape index (κ3) is 4.44. The highest BCUT2D eigenvalue weighted by molar-refractivity contribution is 6.18. The number of hydrogen-bond acceptors (Lipinski definition) is 4. The first-order valence-electron chi connectivity index (χ1n) is 9.74. The van der Waals surface area contributed by atoms with Gasteiger partial charge in [-0.25, -0.2) is 4.99 Å². The highest BCUT2D eigenvalue weighted by Gasteiger charge is 2.33. The topological polar surface area (TPSA) is 37.2 Å². The molecule has 4 rings (SSSR count). The molecular weight excluding hydrogens is 379 g/mol. The van der Waals surface area contributed by atoms with Crippen molar-refractivity contribution < 1.29 is 17.9 Å². The van der Waals surface area contributed by atoms with Gasteiger partial charge in [-0.05, 0) is 61.6 Å². The van der Waals surface area contributed by atoms with Crippen molar-refractivity contribution in [2.45, 2.75) is 32.5 Å². The molecule has 0 aliphatic carbocycles. The summed E-state index contributed by atoms with van der Waals surface area (Å²) in [7, 11) is 0. The van der Waals surface area contributed by atoms with E-state index in [0.717, 1.165) is 24.4 Å². The van der Waals surface area contributed by atoms with Crippen molar-refractivity contribution in [3.63, 3.8) is 0 Å². The molecule has 0 N–H and O–H groups in total. The molecule has 2 aromatic rings. The molecular formula is C22H22F3N3O. The van der Waals surface area contributed by atoms with Gasteiger partial charge in [0.2, 0.25) is 0 Å². The Morgan fingerprint density at radius 2 is 1.76 bits per heavy atom. The summed E-state index contributed by atoms with van der Waals surface area (Å²) in [5.41, 5.74) is 4.33. The summed E-state index contributed by atoms with van der Waals surface area (Å²) in [5, 5.41) is 0. The maximum absolute atomic E-state index is 12.7. The predicted octanol–water partition coefficient (Wildman–Crippen LogP) is 5.13. The average Bonchev–Trinajstić information content (AvgIpc) is 3.18. The molecule has 0 unspecified atom stereocenters. The number of anilines is 1. The van der Waals surface area contributed by atoms with Gasteiger partial charge in [-0.15, -0.1) is 13.2 Å². The van der Waals surface area contributed by atoms with Gasteiger partial charge in [0.25, 0.3) is 0 Å². The fraction of sp³-hybridized carbons (Fsp3) is 0.364. The van der Waals surface area contributed by atoms with Gasteiger partial charge in [-0.3, -0.25) is 4.99 Å². The number of benzene rings is 2. The Labute approximate surface area is 167 Å². The summed E-state index contributed by atoms with van der Waals surface area (Å²) in [6, 6.07) is 12.2. The van der Waals surface area contributed by atoms with Crippen molar-refractivity contribution in [1.82, 2.24) is 0 Å². The normalized spacial score (nSPS) is 17.2. The molecule has 0 saturated carbocycles. The van der Waals surface area contributed by atoms with E-state index < -0.39 is 6.36 Å². The summed E-state index contributed by atoms with van der Waals surface area (Å²) >= 11 is 0. The van der Waals surface area contributed by atoms with E-state index in [1.54, 1.807) is 6.07 Å². The lowest BCUT2D eigenvalue weighted by Gasteiger charge is -2.30. The highest BCUT2D eigenvalue weighted by atomic mass is 19.4. The lowest BCUT2D eigenvalue weighted by atomic mass is 10.0. The van der Waals surface area contributed by atoms with Crippen LogP contribution in [0.2, 0.25) is 0 Å². The predicted molar refractivity (Wildman–Crippen MR) is 108 cm³/mol. The van der Waals surface area contributed by atoms with Gasteiger partial charge in [0.05, 0.1) is 17.8 Å². The molecule has 1 saturated heterocycles. The Bertz CT molecular complexity index is 960. The lowest BCUT2D eigenvalue weighted by molar-refractivity contribution is -0.274. The Morgan fingerprint density at radius 3 is 2.48 bits per heavy atom. The SMILES string of the molecule is Cc1cc(C2=NC(c3ccccc3OC(F)(F)F)=NC2)ccc1N1CCCCC1. The van der Waals surface area contributed by atoms with E-state index >= 15 is 0 Å². The van der Waals surface area contributed by atoms with Crippen LogP contribution in [-0.4, -0.2) is 37.5 Å². The molecule has 0 spiro atoms. The molecule has 0 radical (unpaired) electrons. The maximum atomic E-state index is 12.7. The Morgan fingerprint density at radius 1 is 1.00 bits per heavy atom. The van der Waals surface area contributed by atoms with Crippen LogP contribution >= 0.6 is 0 Å². The van der Waals surface area contributed by atoms with Gasteiger partial charge < -0.3 is 9.64 Å². The van der Waals surface area contributed by atoms with Crippen molar-refractivity contribution in [1.29, 1.82) is 0 Å². The minimum atomic E-state index is -4.76. The van der Waals surface area contributed by atoms with Crippen LogP contribution in [0.15, 0.2) is 52.4 Å². The second-order valence-corrected chi connectivity index (χ2v) is 7.29. The van der Waals surface area contributed by atoms with Gasteiger partial charge in [0, 0.05) is 18.8 Å². The smallest absolute Gasteiger partial charge is 0.405 e. The third-order valence-corrected chi connectivity index (χ3v) is 5.20. The van der Waals surface area contributed by atoms with Crippen LogP contribution < -0.4 is 9.64 Å². The van der Waals surface area contributed by atoms with Crippen molar-refractivity contribution in [2.75, 3.05) is 24.5 Å².